The maximum atomic E-state index is 13.7. The lowest BCUT2D eigenvalue weighted by Crippen LogP contribution is -2.59. The van der Waals surface area contributed by atoms with Gasteiger partial charge in [-0.05, 0) is 88.1 Å². The summed E-state index contributed by atoms with van der Waals surface area (Å²) in [4.78, 5) is 31.1. The Kier molecular flexibility index (Phi) is 11.9. The van der Waals surface area contributed by atoms with E-state index in [2.05, 4.69) is 79.6 Å². The topological polar surface area (TPSA) is 73.9 Å². The van der Waals surface area contributed by atoms with Crippen molar-refractivity contribution >= 4 is 17.6 Å². The van der Waals surface area contributed by atoms with Crippen LogP contribution in [0.4, 0.5) is 10.5 Å². The van der Waals surface area contributed by atoms with Gasteiger partial charge in [-0.15, -0.1) is 0 Å². The molecule has 4 rings (SSSR count). The zero-order valence-electron chi connectivity index (χ0n) is 26.7. The molecule has 2 aromatic carbocycles. The number of rotatable bonds is 12. The van der Waals surface area contributed by atoms with Crippen LogP contribution in [0.2, 0.25) is 0 Å². The van der Waals surface area contributed by atoms with Crippen LogP contribution in [0.5, 0.6) is 5.75 Å². The second-order valence-electron chi connectivity index (χ2n) is 13.2. The lowest BCUT2D eigenvalue weighted by molar-refractivity contribution is -0.124. The molecule has 2 atom stereocenters. The summed E-state index contributed by atoms with van der Waals surface area (Å²) in [5.41, 5.74) is 1.70. The number of anilines is 1. The molecule has 1 heterocycles. The molecule has 43 heavy (non-hydrogen) atoms. The van der Waals surface area contributed by atoms with Crippen molar-refractivity contribution in [2.45, 2.75) is 103 Å². The van der Waals surface area contributed by atoms with Gasteiger partial charge in [0, 0.05) is 31.4 Å². The molecule has 1 fully saturated rings. The van der Waals surface area contributed by atoms with E-state index in [1.54, 1.807) is 0 Å². The standard InChI is InChI=1S/C36H52N4O3/c1-28(2)25-33(37-35(42)39-23-13-5-6-14-24-39)34(41)38-36(3,4)27-40(30-17-11-8-12-18-30)31-19-21-32(22-20-31)43-26-29-15-9-7-10-16-29/h7,9-11,15-17,19-22,28,30,33H,5-6,8,12-14,18,23-27H2,1-4H3,(H,37,42)(H,38,41)/t30?,33-/m0/s1. The second kappa shape index (κ2) is 15.8. The van der Waals surface area contributed by atoms with Crippen LogP contribution in [-0.2, 0) is 11.4 Å². The van der Waals surface area contributed by atoms with Crippen LogP contribution in [0.15, 0.2) is 66.7 Å². The minimum Gasteiger partial charge on any atom is -0.489 e. The molecule has 1 saturated heterocycles. The number of nitrogens with zero attached hydrogens (tertiary/aromatic N) is 2. The fourth-order valence-electron chi connectivity index (χ4n) is 6.03. The highest BCUT2D eigenvalue weighted by Crippen LogP contribution is 2.28. The van der Waals surface area contributed by atoms with Crippen molar-refractivity contribution in [1.82, 2.24) is 15.5 Å². The number of hydrogen-bond acceptors (Lipinski definition) is 4. The molecule has 1 unspecified atom stereocenters. The maximum absolute atomic E-state index is 13.7. The average Bonchev–Trinajstić information content (AvgIpc) is 3.29. The van der Waals surface area contributed by atoms with Gasteiger partial charge in [-0.3, -0.25) is 4.79 Å². The molecule has 7 heteroatoms. The van der Waals surface area contributed by atoms with Crippen molar-refractivity contribution < 1.29 is 14.3 Å². The van der Waals surface area contributed by atoms with E-state index < -0.39 is 11.6 Å². The lowest BCUT2D eigenvalue weighted by Gasteiger charge is -2.40. The number of carbonyl (C=O) groups excluding carboxylic acids is 2. The molecule has 2 N–H and O–H groups in total. The highest BCUT2D eigenvalue weighted by atomic mass is 16.5. The Morgan fingerprint density at radius 2 is 1.67 bits per heavy atom. The van der Waals surface area contributed by atoms with E-state index in [-0.39, 0.29) is 23.9 Å². The summed E-state index contributed by atoms with van der Waals surface area (Å²) in [6, 6.07) is 18.0. The van der Waals surface area contributed by atoms with E-state index in [1.807, 2.05) is 35.2 Å². The van der Waals surface area contributed by atoms with Gasteiger partial charge in [0.25, 0.3) is 0 Å². The number of ether oxygens (including phenoxy) is 1. The second-order valence-corrected chi connectivity index (χ2v) is 13.2. The first kappa shape index (κ1) is 32.4. The summed E-state index contributed by atoms with van der Waals surface area (Å²) < 4.78 is 6.04. The summed E-state index contributed by atoms with van der Waals surface area (Å²) >= 11 is 0. The van der Waals surface area contributed by atoms with E-state index in [0.717, 1.165) is 75.0 Å². The first-order valence-electron chi connectivity index (χ1n) is 16.3. The van der Waals surface area contributed by atoms with Gasteiger partial charge >= 0.3 is 6.03 Å². The first-order chi connectivity index (χ1) is 20.7. The number of benzene rings is 2. The van der Waals surface area contributed by atoms with Crippen LogP contribution in [0.3, 0.4) is 0 Å². The smallest absolute Gasteiger partial charge is 0.318 e. The van der Waals surface area contributed by atoms with Crippen molar-refractivity contribution in [3.63, 3.8) is 0 Å². The Hall–Kier alpha value is -3.48. The normalized spacial score (nSPS) is 18.1. The first-order valence-corrected chi connectivity index (χ1v) is 16.3. The van der Waals surface area contributed by atoms with Gasteiger partial charge in [-0.25, -0.2) is 4.79 Å². The summed E-state index contributed by atoms with van der Waals surface area (Å²) in [6.07, 6.45) is 12.8. The highest BCUT2D eigenvalue weighted by molar-refractivity contribution is 5.87. The maximum Gasteiger partial charge on any atom is 0.318 e. The molecule has 1 aliphatic carbocycles. The number of hydrogen-bond donors (Lipinski definition) is 2. The van der Waals surface area contributed by atoms with Gasteiger partial charge in [0.15, 0.2) is 0 Å². The zero-order valence-corrected chi connectivity index (χ0v) is 26.7. The minimum atomic E-state index is -0.570. The van der Waals surface area contributed by atoms with Crippen molar-refractivity contribution in [3.05, 3.63) is 72.3 Å². The Balaban J connectivity index is 1.44. The number of urea groups is 1. The fourth-order valence-corrected chi connectivity index (χ4v) is 6.03. The van der Waals surface area contributed by atoms with E-state index in [1.165, 1.54) is 0 Å². The molecule has 0 bridgehead atoms. The van der Waals surface area contributed by atoms with E-state index >= 15 is 0 Å². The minimum absolute atomic E-state index is 0.120. The Bertz CT molecular complexity index is 1170. The van der Waals surface area contributed by atoms with Crippen LogP contribution in [0.1, 0.15) is 84.6 Å². The summed E-state index contributed by atoms with van der Waals surface area (Å²) in [7, 11) is 0. The SMILES string of the molecule is CC(C)C[C@H](NC(=O)N1CCCCCC1)C(=O)NC(C)(C)CN(c1ccc(OCc2ccccc2)cc1)C1C=CCCC1. The molecule has 0 spiro atoms. The third kappa shape index (κ3) is 10.3. The zero-order chi connectivity index (χ0) is 30.7. The lowest BCUT2D eigenvalue weighted by atomic mass is 9.96. The highest BCUT2D eigenvalue weighted by Gasteiger charge is 2.32. The van der Waals surface area contributed by atoms with Gasteiger partial charge in [0.2, 0.25) is 5.91 Å². The van der Waals surface area contributed by atoms with Crippen LogP contribution >= 0.6 is 0 Å². The molecule has 1 aliphatic heterocycles. The van der Waals surface area contributed by atoms with E-state index in [4.69, 9.17) is 4.74 Å². The van der Waals surface area contributed by atoms with Crippen LogP contribution in [0, 0.1) is 5.92 Å². The average molecular weight is 589 g/mol. The summed E-state index contributed by atoms with van der Waals surface area (Å²) in [5.74, 6) is 0.983. The third-order valence-electron chi connectivity index (χ3n) is 8.29. The van der Waals surface area contributed by atoms with Crippen molar-refractivity contribution in [3.8, 4) is 5.75 Å². The van der Waals surface area contributed by atoms with Gasteiger partial charge in [0.05, 0.1) is 5.54 Å². The number of amides is 3. The van der Waals surface area contributed by atoms with Crippen LogP contribution in [0.25, 0.3) is 0 Å². The summed E-state index contributed by atoms with van der Waals surface area (Å²) in [6.45, 7) is 11.0. The molecule has 3 amide bonds. The molecule has 0 aromatic heterocycles. The number of allylic oxidation sites excluding steroid dienone is 1. The molecular formula is C36H52N4O3. The quantitative estimate of drug-likeness (QED) is 0.260. The Morgan fingerprint density at radius 3 is 2.30 bits per heavy atom. The Labute approximate surface area is 259 Å². The van der Waals surface area contributed by atoms with E-state index in [9.17, 15) is 9.59 Å². The van der Waals surface area contributed by atoms with Gasteiger partial charge in [-0.2, -0.15) is 0 Å². The van der Waals surface area contributed by atoms with Gasteiger partial charge in [0.1, 0.15) is 18.4 Å². The van der Waals surface area contributed by atoms with Gasteiger partial charge in [-0.1, -0.05) is 69.2 Å². The molecule has 0 radical (unpaired) electrons. The third-order valence-corrected chi connectivity index (χ3v) is 8.29. The molecule has 7 nitrogen and oxygen atoms in total. The number of nitrogens with one attached hydrogen (secondary N) is 2. The predicted molar refractivity (Wildman–Crippen MR) is 175 cm³/mol. The number of likely N-dealkylation sites (tertiary alicyclic amines) is 1. The molecule has 234 valence electrons. The van der Waals surface area contributed by atoms with Crippen LogP contribution in [-0.4, -0.2) is 54.1 Å². The Morgan fingerprint density at radius 1 is 0.977 bits per heavy atom. The summed E-state index contributed by atoms with van der Waals surface area (Å²) in [5, 5.41) is 6.39. The van der Waals surface area contributed by atoms with Crippen molar-refractivity contribution in [2.24, 2.45) is 5.92 Å². The monoisotopic (exact) mass is 588 g/mol. The molecular weight excluding hydrogens is 536 g/mol. The molecule has 2 aromatic rings. The largest absolute Gasteiger partial charge is 0.489 e. The molecule has 0 saturated carbocycles. The van der Waals surface area contributed by atoms with Crippen molar-refractivity contribution in [2.75, 3.05) is 24.5 Å². The fraction of sp³-hybridized carbons (Fsp3) is 0.556. The van der Waals surface area contributed by atoms with Gasteiger partial charge < -0.3 is 25.2 Å². The predicted octanol–water partition coefficient (Wildman–Crippen LogP) is 7.08. The number of carbonyl (C=O) groups is 2. The van der Waals surface area contributed by atoms with Crippen molar-refractivity contribution in [1.29, 1.82) is 0 Å². The van der Waals surface area contributed by atoms with E-state index in [0.29, 0.717) is 19.6 Å². The molecule has 2 aliphatic rings. The van der Waals surface area contributed by atoms with Crippen LogP contribution < -0.4 is 20.3 Å².